The van der Waals surface area contributed by atoms with Crippen molar-refractivity contribution in [3.05, 3.63) is 70.3 Å². The largest absolute Gasteiger partial charge is 0.490 e. The lowest BCUT2D eigenvalue weighted by Gasteiger charge is -2.46. The average Bonchev–Trinajstić information content (AvgIpc) is 3.23. The summed E-state index contributed by atoms with van der Waals surface area (Å²) in [6.07, 6.45) is 10.5. The van der Waals surface area contributed by atoms with Gasteiger partial charge in [-0.15, -0.1) is 0 Å². The molecule has 8 atom stereocenters. The summed E-state index contributed by atoms with van der Waals surface area (Å²) in [4.78, 5) is 18.6. The molecule has 1 saturated heterocycles. The van der Waals surface area contributed by atoms with Gasteiger partial charge >= 0.3 is 0 Å². The minimum absolute atomic E-state index is 0.00939. The van der Waals surface area contributed by atoms with Crippen LogP contribution in [0.15, 0.2) is 48.6 Å². The van der Waals surface area contributed by atoms with Gasteiger partial charge in [-0.05, 0) is 117 Å². The number of benzene rings is 2. The SMILES string of the molecule is C=S1(=O)NC(=O)c2ccc3c(c2)N(C[C@@H]2CC[C@H]2[C@@H](OCCN2CCOC[C@@H]2C)/C=C/C[C@H](C)[C@H]1C)C[C@@]1(CCCc2cc(Cl)ccc21)CO3. The molecule has 2 aromatic rings. The van der Waals surface area contributed by atoms with Crippen LogP contribution in [0.25, 0.3) is 0 Å². The van der Waals surface area contributed by atoms with Crippen molar-refractivity contribution in [1.82, 2.24) is 9.62 Å². The number of amides is 1. The fourth-order valence-electron chi connectivity index (χ4n) is 8.82. The van der Waals surface area contributed by atoms with Crippen LogP contribution in [0.5, 0.6) is 5.75 Å². The molecule has 1 N–H and O–H groups in total. The first-order valence-electron chi connectivity index (χ1n) is 18.6. The highest BCUT2D eigenvalue weighted by Crippen LogP contribution is 2.47. The number of anilines is 1. The van der Waals surface area contributed by atoms with E-state index in [4.69, 9.17) is 25.8 Å². The quantitative estimate of drug-likeness (QED) is 0.294. The number of morpholine rings is 1. The summed E-state index contributed by atoms with van der Waals surface area (Å²) in [5, 5.41) is 0.451. The molecule has 2 fully saturated rings. The standard InChI is InChI=1S/C40H54ClN3O5S/c1-27-7-5-9-37(48-20-18-43-17-19-47-24-28(43)2)34-13-10-32(34)23-44-25-40(16-6-8-30-21-33(41)12-14-35(30)40)26-49-38-15-11-31(22-36(38)44)39(45)42-50(4,46)29(27)3/h5,9,11-12,14-15,21-22,27-29,32,34,37H,4,6-8,10,13,16-20,23-26H2,1-3H3,(H,42,45,46)/b9-5+/t27-,28-,29+,32-,34+,37-,40-,50?/m0/s1. The van der Waals surface area contributed by atoms with Crippen molar-refractivity contribution in [3.8, 4) is 5.75 Å². The molecule has 0 radical (unpaired) electrons. The molecule has 1 spiro atoms. The molecule has 3 heterocycles. The fraction of sp³-hybridized carbons (Fsp3) is 0.600. The molecule has 8 nitrogen and oxygen atoms in total. The van der Waals surface area contributed by atoms with Gasteiger partial charge in [-0.2, -0.15) is 0 Å². The number of carbonyl (C=O) groups excluding carboxylic acids is 1. The van der Waals surface area contributed by atoms with E-state index >= 15 is 0 Å². The maximum Gasteiger partial charge on any atom is 0.262 e. The van der Waals surface area contributed by atoms with E-state index in [9.17, 15) is 9.00 Å². The van der Waals surface area contributed by atoms with Gasteiger partial charge in [-0.1, -0.05) is 36.7 Å². The van der Waals surface area contributed by atoms with Crippen LogP contribution in [-0.4, -0.2) is 90.9 Å². The van der Waals surface area contributed by atoms with Gasteiger partial charge < -0.3 is 19.1 Å². The van der Waals surface area contributed by atoms with Crippen molar-refractivity contribution in [2.24, 2.45) is 17.8 Å². The number of hydrogen-bond acceptors (Lipinski definition) is 7. The number of nitrogens with one attached hydrogen (secondary N) is 1. The number of ether oxygens (including phenoxy) is 3. The zero-order chi connectivity index (χ0) is 35.0. The highest BCUT2D eigenvalue weighted by atomic mass is 35.5. The van der Waals surface area contributed by atoms with Gasteiger partial charge in [-0.25, -0.2) is 4.21 Å². The van der Waals surface area contributed by atoms with Crippen molar-refractivity contribution in [3.63, 3.8) is 0 Å². The third-order valence-corrected chi connectivity index (χ3v) is 14.8. The molecule has 50 heavy (non-hydrogen) atoms. The summed E-state index contributed by atoms with van der Waals surface area (Å²) in [6.45, 7) is 12.4. The predicted octanol–water partition coefficient (Wildman–Crippen LogP) is 6.29. The van der Waals surface area contributed by atoms with Gasteiger partial charge in [0.1, 0.15) is 5.75 Å². The summed E-state index contributed by atoms with van der Waals surface area (Å²) >= 11 is 6.49. The van der Waals surface area contributed by atoms with Gasteiger partial charge in [0.15, 0.2) is 0 Å². The Bertz CT molecular complexity index is 1700. The lowest BCUT2D eigenvalue weighted by molar-refractivity contribution is -0.0442. The molecule has 3 aliphatic heterocycles. The second-order valence-electron chi connectivity index (χ2n) is 15.6. The Morgan fingerprint density at radius 3 is 2.82 bits per heavy atom. The molecule has 2 aliphatic carbocycles. The molecule has 2 aromatic carbocycles. The topological polar surface area (TPSA) is 80.3 Å². The molecule has 5 aliphatic rings. The average molecular weight is 724 g/mol. The first kappa shape index (κ1) is 35.8. The van der Waals surface area contributed by atoms with Crippen LogP contribution in [0.3, 0.4) is 0 Å². The summed E-state index contributed by atoms with van der Waals surface area (Å²) in [6, 6.07) is 12.4. The van der Waals surface area contributed by atoms with Crippen molar-refractivity contribution in [2.75, 3.05) is 57.5 Å². The van der Waals surface area contributed by atoms with Crippen LogP contribution < -0.4 is 14.4 Å². The minimum atomic E-state index is -2.93. The molecular weight excluding hydrogens is 670 g/mol. The van der Waals surface area contributed by atoms with Crippen molar-refractivity contribution in [2.45, 2.75) is 82.1 Å². The maximum absolute atomic E-state index is 13.9. The van der Waals surface area contributed by atoms with Crippen LogP contribution in [0.2, 0.25) is 5.02 Å². The second kappa shape index (κ2) is 14.8. The van der Waals surface area contributed by atoms with E-state index in [1.807, 2.05) is 25.1 Å². The van der Waals surface area contributed by atoms with Crippen LogP contribution in [0.1, 0.15) is 74.4 Å². The van der Waals surface area contributed by atoms with Gasteiger partial charge in [0.25, 0.3) is 5.91 Å². The Kier molecular flexibility index (Phi) is 10.6. The van der Waals surface area contributed by atoms with E-state index < -0.39 is 9.71 Å². The molecule has 1 saturated carbocycles. The molecule has 1 amide bonds. The van der Waals surface area contributed by atoms with E-state index in [1.165, 1.54) is 11.1 Å². The third-order valence-electron chi connectivity index (χ3n) is 12.3. The molecule has 7 rings (SSSR count). The monoisotopic (exact) mass is 723 g/mol. The van der Waals surface area contributed by atoms with Gasteiger partial charge in [0, 0.05) is 53.5 Å². The molecule has 10 heteroatoms. The van der Waals surface area contributed by atoms with Gasteiger partial charge in [-0.3, -0.25) is 14.4 Å². The van der Waals surface area contributed by atoms with E-state index in [1.54, 1.807) is 6.07 Å². The van der Waals surface area contributed by atoms with Crippen LogP contribution in [-0.2, 0) is 31.0 Å². The molecule has 0 aromatic heterocycles. The Labute approximate surface area is 304 Å². The van der Waals surface area contributed by atoms with Crippen LogP contribution >= 0.6 is 11.6 Å². The van der Waals surface area contributed by atoms with E-state index in [-0.39, 0.29) is 28.6 Å². The lowest BCUT2D eigenvalue weighted by atomic mass is 9.68. The summed E-state index contributed by atoms with van der Waals surface area (Å²) in [5.74, 6) is 5.30. The van der Waals surface area contributed by atoms with E-state index in [0.717, 1.165) is 94.4 Å². The van der Waals surface area contributed by atoms with E-state index in [0.29, 0.717) is 36.7 Å². The zero-order valence-corrected chi connectivity index (χ0v) is 31.5. The first-order valence-corrected chi connectivity index (χ1v) is 20.8. The Hall–Kier alpha value is -2.56. The number of allylic oxidation sites excluding steroid dienone is 1. The van der Waals surface area contributed by atoms with Crippen molar-refractivity contribution < 1.29 is 23.2 Å². The number of aryl methyl sites for hydroxylation is 1. The van der Waals surface area contributed by atoms with E-state index in [2.05, 4.69) is 58.5 Å². The number of fused-ring (bicyclic) bond motifs is 4. The molecule has 2 bridgehead atoms. The fourth-order valence-corrected chi connectivity index (χ4v) is 10.5. The maximum atomic E-state index is 13.9. The Morgan fingerprint density at radius 2 is 2.02 bits per heavy atom. The van der Waals surface area contributed by atoms with Crippen LogP contribution in [0, 0.1) is 17.8 Å². The number of rotatable bonds is 4. The number of nitrogens with zero attached hydrogens (tertiary/aromatic N) is 2. The third kappa shape index (κ3) is 7.36. The van der Waals surface area contributed by atoms with Crippen molar-refractivity contribution >= 4 is 38.8 Å². The minimum Gasteiger partial charge on any atom is -0.490 e. The van der Waals surface area contributed by atoms with Gasteiger partial charge in [0.2, 0.25) is 0 Å². The summed E-state index contributed by atoms with van der Waals surface area (Å²) in [5.41, 5.74) is 3.79. The highest BCUT2D eigenvalue weighted by Gasteiger charge is 2.44. The second-order valence-corrected chi connectivity index (χ2v) is 18.4. The summed E-state index contributed by atoms with van der Waals surface area (Å²) < 4.78 is 35.9. The zero-order valence-electron chi connectivity index (χ0n) is 29.9. The summed E-state index contributed by atoms with van der Waals surface area (Å²) in [7, 11) is -2.93. The normalized spacial score (nSPS) is 35.5. The molecular formula is C40H54ClN3O5S. The van der Waals surface area contributed by atoms with Crippen LogP contribution in [0.4, 0.5) is 5.69 Å². The number of carbonyl (C=O) groups is 1. The molecule has 1 unspecified atom stereocenters. The first-order chi connectivity index (χ1) is 24.0. The Morgan fingerprint density at radius 1 is 1.16 bits per heavy atom. The predicted molar refractivity (Wildman–Crippen MR) is 203 cm³/mol. The molecule has 272 valence electrons. The smallest absolute Gasteiger partial charge is 0.262 e. The van der Waals surface area contributed by atoms with Gasteiger partial charge in [0.05, 0.1) is 47.9 Å². The lowest BCUT2D eigenvalue weighted by Crippen LogP contribution is -2.50. The number of halogens is 1. The Balaban J connectivity index is 1.23. The number of hydrogen-bond donors (Lipinski definition) is 1. The van der Waals surface area contributed by atoms with Crippen molar-refractivity contribution in [1.29, 1.82) is 0 Å². The highest BCUT2D eigenvalue weighted by molar-refractivity contribution is 7.99.